The predicted molar refractivity (Wildman–Crippen MR) is 215 cm³/mol. The van der Waals surface area contributed by atoms with Gasteiger partial charge < -0.3 is 49.1 Å². The molecule has 0 aliphatic carbocycles. The number of anilines is 1. The molecule has 0 unspecified atom stereocenters. The van der Waals surface area contributed by atoms with E-state index in [1.807, 2.05) is 0 Å². The number of amides is 1. The SMILES string of the molecule is CO[C@H]1/C=C/O[C@@]2(C)Oc3c(C)c(O)c4c(=O)c(c5oc6cccc(=O)c6nc5c4c3=C2O)NC(=O)/C(C)=C\C=C\[C@H](C)[C@H](O)[C@@H](C)[C@@H](O)[C@@H](C)[C@H](OC(C)=O)[C@@H]1C. The van der Waals surface area contributed by atoms with E-state index < -0.39 is 88.1 Å². The summed E-state index contributed by atoms with van der Waals surface area (Å²) >= 11 is 0. The van der Waals surface area contributed by atoms with Crippen LogP contribution in [0.15, 0.2) is 68.3 Å². The molecule has 0 saturated carbocycles. The molecule has 4 bridgehead atoms. The van der Waals surface area contributed by atoms with Gasteiger partial charge in [0.25, 0.3) is 5.91 Å². The Bertz CT molecular complexity index is 2600. The zero-order valence-corrected chi connectivity index (χ0v) is 33.6. The average Bonchev–Trinajstić information content (AvgIpc) is 3.45. The van der Waals surface area contributed by atoms with Crippen molar-refractivity contribution < 1.29 is 53.4 Å². The third-order valence-corrected chi connectivity index (χ3v) is 11.4. The normalized spacial score (nSPS) is 30.4. The number of phenolic OH excluding ortho intramolecular Hbond substituents is 1. The summed E-state index contributed by atoms with van der Waals surface area (Å²) in [6.07, 6.45) is 3.52. The summed E-state index contributed by atoms with van der Waals surface area (Å²) in [7, 11) is 1.44. The van der Waals surface area contributed by atoms with Gasteiger partial charge in [0.1, 0.15) is 28.8 Å². The van der Waals surface area contributed by atoms with Gasteiger partial charge in [-0.2, -0.15) is 0 Å². The Hall–Kier alpha value is -5.77. The fourth-order valence-corrected chi connectivity index (χ4v) is 7.81. The van der Waals surface area contributed by atoms with E-state index in [2.05, 4.69) is 10.3 Å². The first-order valence-electron chi connectivity index (χ1n) is 18.9. The van der Waals surface area contributed by atoms with Crippen molar-refractivity contribution in [2.24, 2.45) is 23.7 Å². The number of aliphatic hydroxyl groups is 3. The summed E-state index contributed by atoms with van der Waals surface area (Å²) in [5.74, 6) is -6.89. The number of aromatic hydroxyl groups is 1. The number of nitrogens with one attached hydrogen (secondary N) is 1. The number of esters is 1. The number of carbonyl (C=O) groups is 2. The van der Waals surface area contributed by atoms with Crippen molar-refractivity contribution in [1.29, 1.82) is 0 Å². The van der Waals surface area contributed by atoms with Crippen LogP contribution in [0.5, 0.6) is 11.5 Å². The Morgan fingerprint density at radius 3 is 2.33 bits per heavy atom. The van der Waals surface area contributed by atoms with Crippen molar-refractivity contribution in [2.45, 2.75) is 85.6 Å². The summed E-state index contributed by atoms with van der Waals surface area (Å²) in [5, 5.41) is 48.5. The summed E-state index contributed by atoms with van der Waals surface area (Å²) in [6, 6.07) is 4.19. The van der Waals surface area contributed by atoms with E-state index in [1.54, 1.807) is 39.8 Å². The maximum atomic E-state index is 14.5. The zero-order chi connectivity index (χ0) is 42.5. The van der Waals surface area contributed by atoms with Crippen LogP contribution in [0.3, 0.4) is 0 Å². The molecule has 3 heterocycles. The Kier molecular flexibility index (Phi) is 11.5. The van der Waals surface area contributed by atoms with Gasteiger partial charge in [-0.05, 0) is 32.1 Å². The summed E-state index contributed by atoms with van der Waals surface area (Å²) in [6.45, 7) is 12.5. The average molecular weight is 801 g/mol. The van der Waals surface area contributed by atoms with E-state index >= 15 is 0 Å². The number of ether oxygens (including phenoxy) is 4. The molecule has 5 N–H and O–H groups in total. The number of allylic oxidation sites excluding steroid dienone is 2. The highest BCUT2D eigenvalue weighted by Gasteiger charge is 2.44. The van der Waals surface area contributed by atoms with Gasteiger partial charge in [-0.15, -0.1) is 0 Å². The first kappa shape index (κ1) is 41.9. The molecule has 3 aromatic carbocycles. The lowest BCUT2D eigenvalue weighted by Gasteiger charge is -2.38. The number of phenols is 1. The molecule has 1 aromatic heterocycles. The minimum Gasteiger partial charge on any atom is -0.507 e. The second-order valence-electron chi connectivity index (χ2n) is 15.3. The van der Waals surface area contributed by atoms with Crippen LogP contribution in [0, 0.1) is 30.6 Å². The number of aromatic nitrogens is 1. The highest BCUT2D eigenvalue weighted by atomic mass is 16.7. The maximum absolute atomic E-state index is 14.5. The molecule has 15 nitrogen and oxygen atoms in total. The van der Waals surface area contributed by atoms with E-state index in [9.17, 15) is 39.6 Å². The third-order valence-electron chi connectivity index (χ3n) is 11.4. The molecule has 2 aliphatic rings. The highest BCUT2D eigenvalue weighted by Crippen LogP contribution is 2.42. The lowest BCUT2D eigenvalue weighted by atomic mass is 9.78. The van der Waals surface area contributed by atoms with Crippen LogP contribution in [0.4, 0.5) is 5.69 Å². The molecule has 15 heteroatoms. The monoisotopic (exact) mass is 800 g/mol. The molecular weight excluding hydrogens is 752 g/mol. The second-order valence-corrected chi connectivity index (χ2v) is 15.3. The lowest BCUT2D eigenvalue weighted by molar-refractivity contribution is -0.160. The summed E-state index contributed by atoms with van der Waals surface area (Å²) in [5.41, 5.74) is -2.07. The van der Waals surface area contributed by atoms with Gasteiger partial charge in [0.15, 0.2) is 22.4 Å². The molecular formula is C43H48N2O13. The largest absolute Gasteiger partial charge is 0.507 e. The van der Waals surface area contributed by atoms with Gasteiger partial charge in [-0.3, -0.25) is 19.2 Å². The Morgan fingerprint density at radius 2 is 1.66 bits per heavy atom. The fourth-order valence-electron chi connectivity index (χ4n) is 7.81. The van der Waals surface area contributed by atoms with Gasteiger partial charge in [-0.1, -0.05) is 52.0 Å². The topological polar surface area (TPSA) is 224 Å². The van der Waals surface area contributed by atoms with Gasteiger partial charge in [0.2, 0.25) is 10.9 Å². The number of carbonyl (C=O) groups excluding carboxylic acids is 2. The minimum atomic E-state index is -1.96. The molecule has 6 rings (SSSR count). The van der Waals surface area contributed by atoms with Crippen LogP contribution in [0.25, 0.3) is 38.7 Å². The van der Waals surface area contributed by atoms with E-state index in [4.69, 9.17) is 23.4 Å². The number of hydrogen-bond acceptors (Lipinski definition) is 14. The molecule has 308 valence electrons. The van der Waals surface area contributed by atoms with Crippen LogP contribution in [-0.4, -0.2) is 74.6 Å². The maximum Gasteiger partial charge on any atom is 0.307 e. The second kappa shape index (κ2) is 15.9. The molecule has 0 fully saturated rings. The summed E-state index contributed by atoms with van der Waals surface area (Å²) in [4.78, 5) is 58.1. The number of nitrogens with zero attached hydrogens (tertiary/aromatic N) is 1. The first-order valence-corrected chi connectivity index (χ1v) is 18.9. The minimum absolute atomic E-state index is 0.00694. The number of aliphatic hydroxyl groups excluding tert-OH is 3. The molecule has 4 aromatic rings. The quantitative estimate of drug-likeness (QED) is 0.107. The number of hydrogen-bond donors (Lipinski definition) is 5. The Labute approximate surface area is 332 Å². The number of methoxy groups -OCH3 is 1. The molecule has 2 aliphatic heterocycles. The first-order chi connectivity index (χ1) is 27.3. The van der Waals surface area contributed by atoms with Crippen molar-refractivity contribution in [2.75, 3.05) is 12.4 Å². The molecule has 0 saturated heterocycles. The van der Waals surface area contributed by atoms with Crippen molar-refractivity contribution in [3.8, 4) is 11.5 Å². The Morgan fingerprint density at radius 1 is 0.948 bits per heavy atom. The predicted octanol–water partition coefficient (Wildman–Crippen LogP) is 4.56. The zero-order valence-electron chi connectivity index (χ0n) is 33.6. The van der Waals surface area contributed by atoms with Gasteiger partial charge >= 0.3 is 11.8 Å². The van der Waals surface area contributed by atoms with Crippen LogP contribution in [-0.2, 0) is 23.8 Å². The van der Waals surface area contributed by atoms with Crippen LogP contribution >= 0.6 is 0 Å². The molecule has 0 radical (unpaired) electrons. The molecule has 58 heavy (non-hydrogen) atoms. The van der Waals surface area contributed by atoms with Crippen molar-refractivity contribution in [3.05, 3.63) is 85.6 Å². The number of rotatable bonds is 2. The third kappa shape index (κ3) is 7.18. The van der Waals surface area contributed by atoms with Crippen LogP contribution in [0.2, 0.25) is 0 Å². The number of benzene rings is 3. The van der Waals surface area contributed by atoms with Gasteiger partial charge in [0.05, 0.1) is 35.2 Å². The van der Waals surface area contributed by atoms with Crippen molar-refractivity contribution in [1.82, 2.24) is 4.98 Å². The van der Waals surface area contributed by atoms with E-state index in [1.165, 1.54) is 71.4 Å². The van der Waals surface area contributed by atoms with E-state index in [-0.39, 0.29) is 60.8 Å². The van der Waals surface area contributed by atoms with Gasteiger partial charge in [-0.25, -0.2) is 4.98 Å². The molecule has 9 atom stereocenters. The van der Waals surface area contributed by atoms with E-state index in [0.717, 1.165) is 0 Å². The van der Waals surface area contributed by atoms with Gasteiger partial charge in [0, 0.05) is 61.2 Å². The van der Waals surface area contributed by atoms with E-state index in [0.29, 0.717) is 0 Å². The summed E-state index contributed by atoms with van der Waals surface area (Å²) < 4.78 is 29.9. The highest BCUT2D eigenvalue weighted by molar-refractivity contribution is 6.16. The van der Waals surface area contributed by atoms with Crippen LogP contribution < -0.4 is 26.1 Å². The smallest absolute Gasteiger partial charge is 0.307 e. The molecule has 0 spiro atoms. The fraction of sp³-hybridized carbons (Fsp3) is 0.419. The molecule has 1 amide bonds. The van der Waals surface area contributed by atoms with Crippen molar-refractivity contribution >= 4 is 56.3 Å². The number of para-hydroxylation sites is 1. The Balaban J connectivity index is 1.63. The van der Waals surface area contributed by atoms with Crippen molar-refractivity contribution in [3.63, 3.8) is 0 Å². The number of fused-ring (bicyclic) bond motifs is 2. The standard InChI is InChI=1S/C43H48N2O13/c1-18-12-10-13-19(2)42(53)45-33-37(51)29-28(32-40(33)57-27-15-11-14-25(47)31(27)44-32)30-39(23(6)36(29)50)58-43(8,41(30)52)55-17-16-26(54-9)20(3)38(56-24(7)46)22(5)35(49)21(4)34(18)48/h10-18,20-22,26,34-35,38,48-50,52H,1-9H3,(H,45,53)/b12-10+,17-16+,19-13-/t18-,20+,21+,22+,26-,34-,35+,38+,43-/m0/s1. The lowest BCUT2D eigenvalue weighted by Crippen LogP contribution is -2.46. The van der Waals surface area contributed by atoms with Crippen LogP contribution in [0.1, 0.15) is 54.0 Å².